The van der Waals surface area contributed by atoms with Crippen LogP contribution in [0, 0.1) is 13.8 Å². The van der Waals surface area contributed by atoms with Crippen LogP contribution in [0.25, 0.3) is 0 Å². The van der Waals surface area contributed by atoms with Gasteiger partial charge in [0.15, 0.2) is 6.29 Å². The lowest BCUT2D eigenvalue weighted by atomic mass is 10.1. The molecule has 0 aromatic carbocycles. The highest BCUT2D eigenvalue weighted by Crippen LogP contribution is 2.21. The number of nitrogens with one attached hydrogen (secondary N) is 1. The van der Waals surface area contributed by atoms with Crippen molar-refractivity contribution in [3.8, 4) is 0 Å². The number of aromatic nitrogens is 1. The summed E-state index contributed by atoms with van der Waals surface area (Å²) in [5, 5.41) is 18.1. The van der Waals surface area contributed by atoms with Crippen LogP contribution >= 0.6 is 11.6 Å². The third-order valence-corrected chi connectivity index (χ3v) is 2.43. The number of aryl methyl sites for hydroxylation is 1. The Morgan fingerprint density at radius 1 is 1.38 bits per heavy atom. The zero-order valence-electron chi connectivity index (χ0n) is 7.26. The molecule has 0 aliphatic rings. The number of hydrogen-bond acceptors (Lipinski definition) is 3. The summed E-state index contributed by atoms with van der Waals surface area (Å²) < 4.78 is 0. The predicted octanol–water partition coefficient (Wildman–Crippen LogP) is 0.628. The first-order chi connectivity index (χ1) is 5.95. The van der Waals surface area contributed by atoms with E-state index in [2.05, 4.69) is 4.98 Å². The lowest BCUT2D eigenvalue weighted by molar-refractivity contribution is -0.0440. The number of aliphatic hydroxyl groups is 2. The zero-order chi connectivity index (χ0) is 10.2. The maximum atomic E-state index is 11.2. The first kappa shape index (κ1) is 10.2. The van der Waals surface area contributed by atoms with E-state index in [1.54, 1.807) is 13.8 Å². The van der Waals surface area contributed by atoms with E-state index in [0.717, 1.165) is 0 Å². The van der Waals surface area contributed by atoms with Gasteiger partial charge in [-0.05, 0) is 19.4 Å². The van der Waals surface area contributed by atoms with Gasteiger partial charge in [0.2, 0.25) is 0 Å². The van der Waals surface area contributed by atoms with E-state index in [1.165, 1.54) is 0 Å². The first-order valence-electron chi connectivity index (χ1n) is 3.70. The largest absolute Gasteiger partial charge is 0.364 e. The van der Waals surface area contributed by atoms with Gasteiger partial charge in [-0.3, -0.25) is 4.79 Å². The van der Waals surface area contributed by atoms with Crippen LogP contribution < -0.4 is 5.56 Å². The van der Waals surface area contributed by atoms with Gasteiger partial charge in [-0.1, -0.05) is 11.6 Å². The Hall–Kier alpha value is -0.840. The van der Waals surface area contributed by atoms with Gasteiger partial charge in [0, 0.05) is 5.69 Å². The summed E-state index contributed by atoms with van der Waals surface area (Å²) in [6.45, 7) is 3.21. The molecule has 5 heteroatoms. The second-order valence-electron chi connectivity index (χ2n) is 2.81. The summed E-state index contributed by atoms with van der Waals surface area (Å²) in [7, 11) is 0. The topological polar surface area (TPSA) is 73.3 Å². The van der Waals surface area contributed by atoms with E-state index in [0.29, 0.717) is 16.3 Å². The van der Waals surface area contributed by atoms with Gasteiger partial charge < -0.3 is 15.2 Å². The van der Waals surface area contributed by atoms with Crippen molar-refractivity contribution in [2.45, 2.75) is 20.1 Å². The molecular formula is C8H10ClNO3. The minimum Gasteiger partial charge on any atom is -0.364 e. The summed E-state index contributed by atoms with van der Waals surface area (Å²) in [4.78, 5) is 13.6. The third-order valence-electron chi connectivity index (χ3n) is 1.87. The van der Waals surface area contributed by atoms with Crippen molar-refractivity contribution in [1.29, 1.82) is 0 Å². The minimum atomic E-state index is -1.79. The fraction of sp³-hybridized carbons (Fsp3) is 0.375. The van der Waals surface area contributed by atoms with E-state index in [9.17, 15) is 4.79 Å². The number of aromatic amines is 1. The monoisotopic (exact) mass is 203 g/mol. The Balaban J connectivity index is 3.54. The van der Waals surface area contributed by atoms with Gasteiger partial charge in [0.1, 0.15) is 0 Å². The average Bonchev–Trinajstić information content (AvgIpc) is 1.99. The average molecular weight is 204 g/mol. The standard InChI is InChI=1S/C8H10ClNO3/c1-3-5(8(12)13)7(11)10-4(2)6(3)9/h8,12-13H,1-2H3,(H,10,11). The van der Waals surface area contributed by atoms with Crippen LogP contribution in [-0.4, -0.2) is 15.2 Å². The molecule has 1 rings (SSSR count). The van der Waals surface area contributed by atoms with Crippen LogP contribution in [0.4, 0.5) is 0 Å². The van der Waals surface area contributed by atoms with Crippen LogP contribution in [0.3, 0.4) is 0 Å². The van der Waals surface area contributed by atoms with E-state index >= 15 is 0 Å². The number of H-pyrrole nitrogens is 1. The number of rotatable bonds is 1. The molecule has 0 fully saturated rings. The summed E-state index contributed by atoms with van der Waals surface area (Å²) in [6.07, 6.45) is -1.79. The molecule has 1 aromatic rings. The fourth-order valence-electron chi connectivity index (χ4n) is 1.17. The molecule has 0 amide bonds. The molecule has 0 atom stereocenters. The van der Waals surface area contributed by atoms with Crippen molar-refractivity contribution in [2.75, 3.05) is 0 Å². The van der Waals surface area contributed by atoms with Crippen LogP contribution in [-0.2, 0) is 0 Å². The molecule has 0 spiro atoms. The molecule has 1 heterocycles. The van der Waals surface area contributed by atoms with Gasteiger partial charge in [-0.25, -0.2) is 0 Å². The van der Waals surface area contributed by atoms with E-state index < -0.39 is 11.8 Å². The summed E-state index contributed by atoms with van der Waals surface area (Å²) in [5.74, 6) is 0. The molecule has 0 bridgehead atoms. The van der Waals surface area contributed by atoms with Gasteiger partial charge >= 0.3 is 0 Å². The van der Waals surface area contributed by atoms with Gasteiger partial charge in [0.25, 0.3) is 5.56 Å². The highest BCUT2D eigenvalue weighted by molar-refractivity contribution is 6.32. The molecule has 0 saturated carbocycles. The maximum Gasteiger partial charge on any atom is 0.256 e. The molecule has 72 valence electrons. The number of halogens is 1. The molecule has 0 saturated heterocycles. The van der Waals surface area contributed by atoms with Gasteiger partial charge in [-0.15, -0.1) is 0 Å². The Morgan fingerprint density at radius 2 is 1.92 bits per heavy atom. The highest BCUT2D eigenvalue weighted by Gasteiger charge is 2.15. The molecule has 3 N–H and O–H groups in total. The first-order valence-corrected chi connectivity index (χ1v) is 4.08. The maximum absolute atomic E-state index is 11.2. The van der Waals surface area contributed by atoms with Crippen LogP contribution in [0.15, 0.2) is 4.79 Å². The SMILES string of the molecule is Cc1[nH]c(=O)c(C(O)O)c(C)c1Cl. The summed E-state index contributed by atoms with van der Waals surface area (Å²) >= 11 is 5.81. The van der Waals surface area contributed by atoms with Gasteiger partial charge in [-0.2, -0.15) is 0 Å². The van der Waals surface area contributed by atoms with Crippen molar-refractivity contribution in [1.82, 2.24) is 4.98 Å². The molecule has 1 aromatic heterocycles. The number of aliphatic hydroxyl groups excluding tert-OH is 1. The normalized spacial score (nSPS) is 10.9. The van der Waals surface area contributed by atoms with Crippen molar-refractivity contribution in [2.24, 2.45) is 0 Å². The summed E-state index contributed by atoms with van der Waals surface area (Å²) in [6, 6.07) is 0. The lowest BCUT2D eigenvalue weighted by Gasteiger charge is -2.09. The Labute approximate surface area is 79.8 Å². The minimum absolute atomic E-state index is 0.101. The molecule has 0 unspecified atom stereocenters. The Bertz CT molecular complexity index is 384. The van der Waals surface area contributed by atoms with Crippen molar-refractivity contribution in [3.63, 3.8) is 0 Å². The molecule has 0 aliphatic heterocycles. The summed E-state index contributed by atoms with van der Waals surface area (Å²) in [5.41, 5.74) is 0.302. The highest BCUT2D eigenvalue weighted by atomic mass is 35.5. The lowest BCUT2D eigenvalue weighted by Crippen LogP contribution is -2.19. The molecule has 0 radical (unpaired) electrons. The predicted molar refractivity (Wildman–Crippen MR) is 48.7 cm³/mol. The number of hydrogen-bond donors (Lipinski definition) is 3. The number of pyridine rings is 1. The third kappa shape index (κ3) is 1.75. The molecular weight excluding hydrogens is 194 g/mol. The van der Waals surface area contributed by atoms with E-state index in [1.807, 2.05) is 0 Å². The smallest absolute Gasteiger partial charge is 0.256 e. The van der Waals surface area contributed by atoms with Crippen LogP contribution in [0.1, 0.15) is 23.1 Å². The Morgan fingerprint density at radius 3 is 2.38 bits per heavy atom. The van der Waals surface area contributed by atoms with Crippen LogP contribution in [0.5, 0.6) is 0 Å². The second-order valence-corrected chi connectivity index (χ2v) is 3.18. The molecule has 0 aliphatic carbocycles. The van der Waals surface area contributed by atoms with Gasteiger partial charge in [0.05, 0.1) is 10.6 Å². The van der Waals surface area contributed by atoms with Crippen LogP contribution in [0.2, 0.25) is 5.02 Å². The quantitative estimate of drug-likeness (QED) is 0.586. The molecule has 13 heavy (non-hydrogen) atoms. The van der Waals surface area contributed by atoms with E-state index in [-0.39, 0.29) is 5.56 Å². The second kappa shape index (κ2) is 3.49. The zero-order valence-corrected chi connectivity index (χ0v) is 8.01. The van der Waals surface area contributed by atoms with Crippen molar-refractivity contribution in [3.05, 3.63) is 32.2 Å². The Kier molecular flexibility index (Phi) is 2.75. The fourth-order valence-corrected chi connectivity index (χ4v) is 1.32. The van der Waals surface area contributed by atoms with Crippen molar-refractivity contribution < 1.29 is 10.2 Å². The van der Waals surface area contributed by atoms with E-state index in [4.69, 9.17) is 21.8 Å². The molecule has 4 nitrogen and oxygen atoms in total. The van der Waals surface area contributed by atoms with Crippen molar-refractivity contribution >= 4 is 11.6 Å².